The van der Waals surface area contributed by atoms with Gasteiger partial charge in [-0.15, -0.1) is 0 Å². The van der Waals surface area contributed by atoms with Crippen molar-refractivity contribution in [2.24, 2.45) is 0 Å². The van der Waals surface area contributed by atoms with Crippen LogP contribution in [0.15, 0.2) is 0 Å². The third-order valence-electron chi connectivity index (χ3n) is 3.46. The first kappa shape index (κ1) is 12.8. The molecule has 0 atom stereocenters. The van der Waals surface area contributed by atoms with Crippen LogP contribution in [0.5, 0.6) is 0 Å². The van der Waals surface area contributed by atoms with Crippen molar-refractivity contribution in [2.75, 3.05) is 6.61 Å². The number of fused-ring (bicyclic) bond motifs is 1. The van der Waals surface area contributed by atoms with Gasteiger partial charge in [0.25, 0.3) is 0 Å². The van der Waals surface area contributed by atoms with Gasteiger partial charge in [-0.2, -0.15) is 5.10 Å². The second-order valence-electron chi connectivity index (χ2n) is 6.21. The van der Waals surface area contributed by atoms with Crippen molar-refractivity contribution >= 4 is 8.07 Å². The normalized spacial score (nSPS) is 15.3. The maximum Gasteiger partial charge on any atom is 0.139 e. The summed E-state index contributed by atoms with van der Waals surface area (Å²) in [5.74, 6) is 0. The van der Waals surface area contributed by atoms with Crippen LogP contribution in [-0.4, -0.2) is 24.5 Å². The summed E-state index contributed by atoms with van der Waals surface area (Å²) in [6, 6.07) is 1.23. The van der Waals surface area contributed by atoms with Crippen LogP contribution in [-0.2, 0) is 24.3 Å². The summed E-state index contributed by atoms with van der Waals surface area (Å²) in [5.41, 5.74) is 4.08. The van der Waals surface area contributed by atoms with E-state index in [0.29, 0.717) is 6.73 Å². The van der Waals surface area contributed by atoms with E-state index in [1.807, 2.05) is 4.68 Å². The molecule has 3 nitrogen and oxygen atoms in total. The Balaban J connectivity index is 1.84. The van der Waals surface area contributed by atoms with Gasteiger partial charge in [0.2, 0.25) is 0 Å². The molecule has 1 aliphatic carbocycles. The van der Waals surface area contributed by atoms with Gasteiger partial charge < -0.3 is 4.74 Å². The van der Waals surface area contributed by atoms with Gasteiger partial charge in [-0.3, -0.25) is 0 Å². The van der Waals surface area contributed by atoms with E-state index in [0.717, 1.165) is 13.0 Å². The van der Waals surface area contributed by atoms with Gasteiger partial charge in [0.05, 0.1) is 5.69 Å². The van der Waals surface area contributed by atoms with Crippen LogP contribution in [0.4, 0.5) is 0 Å². The highest BCUT2D eigenvalue weighted by Gasteiger charge is 2.19. The first-order valence-electron chi connectivity index (χ1n) is 6.60. The summed E-state index contributed by atoms with van der Waals surface area (Å²) in [4.78, 5) is 0. The number of aryl methyl sites for hydroxylation is 1. The predicted molar refractivity (Wildman–Crippen MR) is 73.1 cm³/mol. The molecule has 0 radical (unpaired) electrons. The lowest BCUT2D eigenvalue weighted by Gasteiger charge is -2.15. The van der Waals surface area contributed by atoms with E-state index in [2.05, 4.69) is 31.7 Å². The summed E-state index contributed by atoms with van der Waals surface area (Å²) >= 11 is 0. The molecule has 96 valence electrons. The third-order valence-corrected chi connectivity index (χ3v) is 5.17. The highest BCUT2D eigenvalue weighted by atomic mass is 28.3. The van der Waals surface area contributed by atoms with Crippen LogP contribution in [0.1, 0.15) is 23.4 Å². The quantitative estimate of drug-likeness (QED) is 0.595. The Kier molecular flexibility index (Phi) is 3.73. The minimum atomic E-state index is -0.965. The van der Waals surface area contributed by atoms with E-state index < -0.39 is 8.07 Å². The molecule has 1 aromatic heterocycles. The molecule has 0 fully saturated rings. The Hall–Kier alpha value is -0.613. The van der Waals surface area contributed by atoms with Crippen LogP contribution >= 0.6 is 0 Å². The molecule has 2 rings (SSSR count). The highest BCUT2D eigenvalue weighted by molar-refractivity contribution is 6.76. The topological polar surface area (TPSA) is 27.1 Å². The molecule has 0 spiro atoms. The van der Waals surface area contributed by atoms with E-state index in [9.17, 15) is 0 Å². The zero-order valence-electron chi connectivity index (χ0n) is 11.5. The summed E-state index contributed by atoms with van der Waals surface area (Å²) in [5, 5.41) is 4.63. The highest BCUT2D eigenvalue weighted by Crippen LogP contribution is 2.24. The van der Waals surface area contributed by atoms with Gasteiger partial charge in [0.1, 0.15) is 6.73 Å². The Morgan fingerprint density at radius 1 is 1.29 bits per heavy atom. The maximum atomic E-state index is 5.75. The molecule has 4 heteroatoms. The monoisotopic (exact) mass is 252 g/mol. The fraction of sp³-hybridized carbons (Fsp3) is 0.769. The van der Waals surface area contributed by atoms with Gasteiger partial charge in [0, 0.05) is 20.4 Å². The summed E-state index contributed by atoms with van der Waals surface area (Å²) in [6.07, 6.45) is 3.63. The number of ether oxygens (including phenoxy) is 1. The zero-order valence-corrected chi connectivity index (χ0v) is 12.5. The maximum absolute atomic E-state index is 5.75. The first-order chi connectivity index (χ1) is 7.97. The predicted octanol–water partition coefficient (Wildman–Crippen LogP) is 2.99. The fourth-order valence-electron chi connectivity index (χ4n) is 2.26. The molecule has 0 amide bonds. The molecule has 0 N–H and O–H groups in total. The largest absolute Gasteiger partial charge is 0.360 e. The Morgan fingerprint density at radius 3 is 2.71 bits per heavy atom. The van der Waals surface area contributed by atoms with Crippen molar-refractivity contribution in [3.05, 3.63) is 17.0 Å². The Morgan fingerprint density at radius 2 is 2.06 bits per heavy atom. The van der Waals surface area contributed by atoms with Crippen molar-refractivity contribution in [1.29, 1.82) is 0 Å². The summed E-state index contributed by atoms with van der Waals surface area (Å²) < 4.78 is 7.78. The van der Waals surface area contributed by atoms with Crippen molar-refractivity contribution < 1.29 is 4.74 Å². The molecule has 0 bridgehead atoms. The molecule has 0 aliphatic heterocycles. The molecule has 17 heavy (non-hydrogen) atoms. The number of hydrogen-bond acceptors (Lipinski definition) is 2. The molecule has 0 aromatic carbocycles. The molecule has 0 saturated carbocycles. The SMILES string of the molecule is Cc1c2c(nn1COCC[Si](C)(C)C)CCC2. The smallest absolute Gasteiger partial charge is 0.139 e. The van der Waals surface area contributed by atoms with Crippen LogP contribution in [0.25, 0.3) is 0 Å². The van der Waals surface area contributed by atoms with Gasteiger partial charge in [0.15, 0.2) is 0 Å². The molecule has 1 heterocycles. The van der Waals surface area contributed by atoms with Gasteiger partial charge in [-0.1, -0.05) is 19.6 Å². The summed E-state index contributed by atoms with van der Waals surface area (Å²) in [7, 11) is -0.965. The average Bonchev–Trinajstić information content (AvgIpc) is 2.76. The molecular formula is C13H24N2OSi. The Bertz CT molecular complexity index is 393. The van der Waals surface area contributed by atoms with Crippen molar-refractivity contribution in [3.63, 3.8) is 0 Å². The molecule has 1 aromatic rings. The first-order valence-corrected chi connectivity index (χ1v) is 10.3. The van der Waals surface area contributed by atoms with E-state index in [4.69, 9.17) is 4.74 Å². The average molecular weight is 252 g/mol. The van der Waals surface area contributed by atoms with Gasteiger partial charge in [-0.05, 0) is 37.8 Å². The van der Waals surface area contributed by atoms with Gasteiger partial charge >= 0.3 is 0 Å². The summed E-state index contributed by atoms with van der Waals surface area (Å²) in [6.45, 7) is 10.8. The Labute approximate surface area is 105 Å². The third kappa shape index (κ3) is 3.19. The van der Waals surface area contributed by atoms with Gasteiger partial charge in [-0.25, -0.2) is 4.68 Å². The number of nitrogens with zero attached hydrogens (tertiary/aromatic N) is 2. The second-order valence-corrected chi connectivity index (χ2v) is 11.8. The lowest BCUT2D eigenvalue weighted by atomic mass is 10.2. The van der Waals surface area contributed by atoms with Crippen molar-refractivity contribution in [3.8, 4) is 0 Å². The molecule has 1 aliphatic rings. The van der Waals surface area contributed by atoms with E-state index in [-0.39, 0.29) is 0 Å². The van der Waals surface area contributed by atoms with Crippen LogP contribution in [0, 0.1) is 6.92 Å². The van der Waals surface area contributed by atoms with Crippen molar-refractivity contribution in [2.45, 2.75) is 58.6 Å². The van der Waals surface area contributed by atoms with Crippen LogP contribution in [0.3, 0.4) is 0 Å². The number of rotatable bonds is 5. The number of aromatic nitrogens is 2. The molecule has 0 unspecified atom stereocenters. The second kappa shape index (κ2) is 4.94. The van der Waals surface area contributed by atoms with Crippen LogP contribution < -0.4 is 0 Å². The lowest BCUT2D eigenvalue weighted by molar-refractivity contribution is 0.0767. The fourth-order valence-corrected chi connectivity index (χ4v) is 3.02. The minimum Gasteiger partial charge on any atom is -0.360 e. The lowest BCUT2D eigenvalue weighted by Crippen LogP contribution is -2.22. The number of hydrogen-bond donors (Lipinski definition) is 0. The molecule has 0 saturated heterocycles. The van der Waals surface area contributed by atoms with E-state index in [1.54, 1.807) is 0 Å². The van der Waals surface area contributed by atoms with Crippen molar-refractivity contribution in [1.82, 2.24) is 9.78 Å². The zero-order chi connectivity index (χ0) is 12.5. The molecular weight excluding hydrogens is 228 g/mol. The van der Waals surface area contributed by atoms with Crippen LogP contribution in [0.2, 0.25) is 25.7 Å². The van der Waals surface area contributed by atoms with E-state index >= 15 is 0 Å². The van der Waals surface area contributed by atoms with E-state index in [1.165, 1.54) is 35.8 Å². The standard InChI is InChI=1S/C13H24N2OSi/c1-11-12-6-5-7-13(12)14-15(11)10-16-8-9-17(2,3)4/h5-10H2,1-4H3. The minimum absolute atomic E-state index is 0.628.